The lowest BCUT2D eigenvalue weighted by Gasteiger charge is -2.35. The van der Waals surface area contributed by atoms with Crippen molar-refractivity contribution in [2.75, 3.05) is 26.8 Å². The summed E-state index contributed by atoms with van der Waals surface area (Å²) in [6.45, 7) is 1.40. The van der Waals surface area contributed by atoms with Gasteiger partial charge in [0.05, 0.1) is 5.60 Å². The van der Waals surface area contributed by atoms with Crippen LogP contribution in [0.4, 0.5) is 0 Å². The Morgan fingerprint density at radius 2 is 2.26 bits per heavy atom. The van der Waals surface area contributed by atoms with Crippen LogP contribution in [0.5, 0.6) is 0 Å². The summed E-state index contributed by atoms with van der Waals surface area (Å²) in [6, 6.07) is 3.34. The fourth-order valence-corrected chi connectivity index (χ4v) is 2.54. The molecule has 1 amide bonds. The Morgan fingerprint density at radius 1 is 1.58 bits per heavy atom. The number of hydrogen-bond donors (Lipinski definition) is 1. The van der Waals surface area contributed by atoms with E-state index in [1.165, 1.54) is 0 Å². The van der Waals surface area contributed by atoms with Crippen LogP contribution >= 0.6 is 15.9 Å². The van der Waals surface area contributed by atoms with Gasteiger partial charge in [-0.1, -0.05) is 0 Å². The van der Waals surface area contributed by atoms with Gasteiger partial charge in [0.1, 0.15) is 4.60 Å². The van der Waals surface area contributed by atoms with Gasteiger partial charge in [-0.2, -0.15) is 0 Å². The van der Waals surface area contributed by atoms with Gasteiger partial charge in [0, 0.05) is 51.4 Å². The van der Waals surface area contributed by atoms with Crippen molar-refractivity contribution in [3.8, 4) is 0 Å². The minimum Gasteiger partial charge on any atom is -0.388 e. The van der Waals surface area contributed by atoms with E-state index in [2.05, 4.69) is 20.9 Å². The maximum atomic E-state index is 12.2. The molecule has 0 unspecified atom stereocenters. The molecule has 2 rings (SSSR count). The monoisotopic (exact) mass is 328 g/mol. The van der Waals surface area contributed by atoms with Crippen LogP contribution in [0.25, 0.3) is 0 Å². The number of aliphatic hydroxyl groups is 1. The van der Waals surface area contributed by atoms with E-state index < -0.39 is 5.60 Å². The van der Waals surface area contributed by atoms with Crippen LogP contribution in [0.2, 0.25) is 0 Å². The van der Waals surface area contributed by atoms with Crippen LogP contribution < -0.4 is 0 Å². The molecule has 0 atom stereocenters. The molecule has 2 heterocycles. The predicted molar refractivity (Wildman–Crippen MR) is 73.9 cm³/mol. The van der Waals surface area contributed by atoms with Crippen LogP contribution in [-0.4, -0.2) is 53.3 Å². The highest BCUT2D eigenvalue weighted by Crippen LogP contribution is 2.22. The number of aromatic nitrogens is 1. The van der Waals surface area contributed by atoms with Crippen LogP contribution in [0.3, 0.4) is 0 Å². The molecule has 0 saturated carbocycles. The molecule has 1 N–H and O–H groups in total. The van der Waals surface area contributed by atoms with Gasteiger partial charge in [-0.25, -0.2) is 4.98 Å². The third-order valence-electron chi connectivity index (χ3n) is 3.28. The van der Waals surface area contributed by atoms with Crippen LogP contribution in [-0.2, 0) is 4.74 Å². The minimum absolute atomic E-state index is 0.122. The second-order valence-electron chi connectivity index (χ2n) is 4.87. The van der Waals surface area contributed by atoms with Gasteiger partial charge in [0.15, 0.2) is 0 Å². The molecule has 6 heteroatoms. The van der Waals surface area contributed by atoms with Crippen molar-refractivity contribution >= 4 is 21.8 Å². The Balaban J connectivity index is 2.03. The second-order valence-corrected chi connectivity index (χ2v) is 5.68. The quantitative estimate of drug-likeness (QED) is 0.853. The van der Waals surface area contributed by atoms with Crippen molar-refractivity contribution in [3.63, 3.8) is 0 Å². The van der Waals surface area contributed by atoms with Crippen molar-refractivity contribution in [1.82, 2.24) is 9.88 Å². The fraction of sp³-hybridized carbons (Fsp3) is 0.538. The minimum atomic E-state index is -0.840. The summed E-state index contributed by atoms with van der Waals surface area (Å²) in [5.74, 6) is -0.122. The summed E-state index contributed by atoms with van der Waals surface area (Å²) in [6.07, 6.45) is 2.70. The second kappa shape index (κ2) is 5.98. The lowest BCUT2D eigenvalue weighted by molar-refractivity contribution is -0.0734. The Bertz CT molecular complexity index is 461. The molecular formula is C13H17BrN2O3. The molecular weight excluding hydrogens is 312 g/mol. The number of likely N-dealkylation sites (N-methyl/N-ethyl adjacent to an activating group) is 1. The van der Waals surface area contributed by atoms with Gasteiger partial charge >= 0.3 is 0 Å². The summed E-state index contributed by atoms with van der Waals surface area (Å²) in [4.78, 5) is 17.8. The molecule has 1 fully saturated rings. The number of halogens is 1. The van der Waals surface area contributed by atoms with Gasteiger partial charge in [0.2, 0.25) is 0 Å². The lowest BCUT2D eigenvalue weighted by Crippen LogP contribution is -2.47. The number of hydrogen-bond acceptors (Lipinski definition) is 4. The van der Waals surface area contributed by atoms with Crippen LogP contribution in [0.15, 0.2) is 22.9 Å². The Kier molecular flexibility index (Phi) is 4.54. The number of carbonyl (C=O) groups is 1. The SMILES string of the molecule is CN(CC1(O)CCOCC1)C(=O)c1ccnc(Br)c1. The molecule has 0 bridgehead atoms. The van der Waals surface area contributed by atoms with E-state index in [4.69, 9.17) is 4.74 Å². The van der Waals surface area contributed by atoms with Crippen molar-refractivity contribution in [2.24, 2.45) is 0 Å². The first-order valence-electron chi connectivity index (χ1n) is 6.17. The van der Waals surface area contributed by atoms with E-state index in [9.17, 15) is 9.90 Å². The summed E-state index contributed by atoms with van der Waals surface area (Å²) in [7, 11) is 1.70. The molecule has 1 saturated heterocycles. The molecule has 0 aliphatic carbocycles. The van der Waals surface area contributed by atoms with E-state index in [0.717, 1.165) is 0 Å². The molecule has 19 heavy (non-hydrogen) atoms. The third-order valence-corrected chi connectivity index (χ3v) is 3.71. The highest BCUT2D eigenvalue weighted by Gasteiger charge is 2.32. The topological polar surface area (TPSA) is 62.7 Å². The van der Waals surface area contributed by atoms with Crippen LogP contribution in [0, 0.1) is 0 Å². The highest BCUT2D eigenvalue weighted by molar-refractivity contribution is 9.10. The normalized spacial score (nSPS) is 18.1. The molecule has 5 nitrogen and oxygen atoms in total. The zero-order valence-electron chi connectivity index (χ0n) is 10.8. The smallest absolute Gasteiger partial charge is 0.253 e. The van der Waals surface area contributed by atoms with Crippen molar-refractivity contribution in [1.29, 1.82) is 0 Å². The van der Waals surface area contributed by atoms with Crippen molar-refractivity contribution < 1.29 is 14.6 Å². The molecule has 1 aromatic rings. The Hall–Kier alpha value is -0.980. The molecule has 104 valence electrons. The number of amides is 1. The molecule has 0 aromatic carbocycles. The molecule has 0 spiro atoms. The average molecular weight is 329 g/mol. The summed E-state index contributed by atoms with van der Waals surface area (Å²) in [5, 5.41) is 10.4. The third kappa shape index (κ3) is 3.75. The maximum Gasteiger partial charge on any atom is 0.253 e. The summed E-state index contributed by atoms with van der Waals surface area (Å²) < 4.78 is 5.85. The average Bonchev–Trinajstić information content (AvgIpc) is 2.38. The van der Waals surface area contributed by atoms with Gasteiger partial charge in [-0.05, 0) is 28.1 Å². The summed E-state index contributed by atoms with van der Waals surface area (Å²) >= 11 is 3.24. The molecule has 1 aromatic heterocycles. The standard InChI is InChI=1S/C13H17BrN2O3/c1-16(9-13(18)3-6-19-7-4-13)12(17)10-2-5-15-11(14)8-10/h2,5,8,18H,3-4,6-7,9H2,1H3. The van der Waals surface area contributed by atoms with E-state index in [1.807, 2.05) is 0 Å². The van der Waals surface area contributed by atoms with Gasteiger partial charge in [-0.3, -0.25) is 4.79 Å². The Morgan fingerprint density at radius 3 is 2.89 bits per heavy atom. The molecule has 1 aliphatic heterocycles. The highest BCUT2D eigenvalue weighted by atomic mass is 79.9. The predicted octanol–water partition coefficient (Wildman–Crippen LogP) is 1.46. The van der Waals surface area contributed by atoms with Crippen molar-refractivity contribution in [3.05, 3.63) is 28.5 Å². The lowest BCUT2D eigenvalue weighted by atomic mass is 9.94. The van der Waals surface area contributed by atoms with Crippen molar-refractivity contribution in [2.45, 2.75) is 18.4 Å². The van der Waals surface area contributed by atoms with Gasteiger partial charge < -0.3 is 14.7 Å². The van der Waals surface area contributed by atoms with E-state index in [-0.39, 0.29) is 5.91 Å². The first-order valence-corrected chi connectivity index (χ1v) is 6.97. The number of ether oxygens (including phenoxy) is 1. The van der Waals surface area contributed by atoms with E-state index in [0.29, 0.717) is 42.8 Å². The first-order chi connectivity index (χ1) is 9.00. The van der Waals surface area contributed by atoms with Crippen LogP contribution in [0.1, 0.15) is 23.2 Å². The van der Waals surface area contributed by atoms with E-state index in [1.54, 1.807) is 30.3 Å². The molecule has 1 aliphatic rings. The van der Waals surface area contributed by atoms with Gasteiger partial charge in [0.25, 0.3) is 5.91 Å². The zero-order chi connectivity index (χ0) is 13.9. The molecule has 0 radical (unpaired) electrons. The largest absolute Gasteiger partial charge is 0.388 e. The number of carbonyl (C=O) groups excluding carboxylic acids is 1. The summed E-state index contributed by atoms with van der Waals surface area (Å²) in [5.41, 5.74) is -0.285. The Labute approximate surface area is 120 Å². The van der Waals surface area contributed by atoms with E-state index >= 15 is 0 Å². The maximum absolute atomic E-state index is 12.2. The van der Waals surface area contributed by atoms with Gasteiger partial charge in [-0.15, -0.1) is 0 Å². The number of rotatable bonds is 3. The fourth-order valence-electron chi connectivity index (χ4n) is 2.18. The zero-order valence-corrected chi connectivity index (χ0v) is 12.4. The first kappa shape index (κ1) is 14.4. The number of nitrogens with zero attached hydrogens (tertiary/aromatic N) is 2. The number of pyridine rings is 1.